The van der Waals surface area contributed by atoms with Crippen LogP contribution in [0.25, 0.3) is 0 Å². The van der Waals surface area contributed by atoms with Gasteiger partial charge in [-0.2, -0.15) is 0 Å². The van der Waals surface area contributed by atoms with E-state index in [0.717, 1.165) is 18.5 Å². The smallest absolute Gasteiger partial charge is 0.337 e. The minimum atomic E-state index is -0.359. The van der Waals surface area contributed by atoms with Crippen LogP contribution in [0.5, 0.6) is 0 Å². The van der Waals surface area contributed by atoms with Gasteiger partial charge in [0.25, 0.3) is 0 Å². The Balaban J connectivity index is 2.62. The van der Waals surface area contributed by atoms with Gasteiger partial charge in [-0.05, 0) is 43.8 Å². The number of rotatable bonds is 5. The molecule has 0 radical (unpaired) electrons. The molecule has 5 heteroatoms. The van der Waals surface area contributed by atoms with E-state index in [9.17, 15) is 4.79 Å². The lowest BCUT2D eigenvalue weighted by Crippen LogP contribution is -2.35. The molecule has 0 amide bonds. The van der Waals surface area contributed by atoms with Gasteiger partial charge in [0, 0.05) is 11.7 Å². The van der Waals surface area contributed by atoms with Crippen LogP contribution >= 0.6 is 12.2 Å². The van der Waals surface area contributed by atoms with Crippen molar-refractivity contribution in [3.8, 4) is 0 Å². The monoisotopic (exact) mass is 280 g/mol. The highest BCUT2D eigenvalue weighted by Crippen LogP contribution is 2.11. The van der Waals surface area contributed by atoms with Gasteiger partial charge < -0.3 is 15.4 Å². The molecule has 0 heterocycles. The number of methoxy groups -OCH3 is 1. The molecule has 1 atom stereocenters. The van der Waals surface area contributed by atoms with Gasteiger partial charge in [-0.3, -0.25) is 0 Å². The number of hydrogen-bond donors (Lipinski definition) is 2. The van der Waals surface area contributed by atoms with Crippen LogP contribution in [0.1, 0.15) is 37.0 Å². The molecule has 1 aromatic carbocycles. The molecule has 0 saturated carbocycles. The summed E-state index contributed by atoms with van der Waals surface area (Å²) >= 11 is 5.23. The summed E-state index contributed by atoms with van der Waals surface area (Å²) in [4.78, 5) is 11.4. The van der Waals surface area contributed by atoms with Gasteiger partial charge in [0.05, 0.1) is 12.7 Å². The van der Waals surface area contributed by atoms with Crippen molar-refractivity contribution in [1.82, 2.24) is 5.32 Å². The molecule has 1 aromatic rings. The fourth-order valence-electron chi connectivity index (χ4n) is 1.74. The zero-order valence-corrected chi connectivity index (χ0v) is 12.3. The molecule has 0 aliphatic carbocycles. The third kappa shape index (κ3) is 5.26. The van der Waals surface area contributed by atoms with Gasteiger partial charge in [0.1, 0.15) is 0 Å². The Morgan fingerprint density at radius 2 is 2.21 bits per heavy atom. The van der Waals surface area contributed by atoms with Crippen LogP contribution in [0.4, 0.5) is 5.69 Å². The average molecular weight is 280 g/mol. The van der Waals surface area contributed by atoms with Crippen molar-refractivity contribution >= 4 is 29.0 Å². The number of nitrogens with one attached hydrogen (secondary N) is 2. The molecule has 0 fully saturated rings. The second-order valence-corrected chi connectivity index (χ2v) is 4.77. The number of benzene rings is 1. The summed E-state index contributed by atoms with van der Waals surface area (Å²) in [6, 6.07) is 7.38. The van der Waals surface area contributed by atoms with Crippen LogP contribution in [0.2, 0.25) is 0 Å². The number of carbonyl (C=O) groups is 1. The standard InChI is InChI=1S/C14H20N2O2S/c1-4-6-10(2)15-14(19)16-12-8-5-7-11(9-12)13(17)18-3/h5,7-10H,4,6H2,1-3H3,(H2,15,16,19)/t10-/m0/s1. The molecule has 0 aromatic heterocycles. The minimum Gasteiger partial charge on any atom is -0.465 e. The van der Waals surface area contributed by atoms with Gasteiger partial charge in [-0.1, -0.05) is 19.4 Å². The van der Waals surface area contributed by atoms with E-state index in [1.54, 1.807) is 18.2 Å². The van der Waals surface area contributed by atoms with Gasteiger partial charge >= 0.3 is 5.97 Å². The van der Waals surface area contributed by atoms with E-state index in [-0.39, 0.29) is 5.97 Å². The quantitative estimate of drug-likeness (QED) is 0.641. The predicted molar refractivity (Wildman–Crippen MR) is 81.5 cm³/mol. The number of hydrogen-bond acceptors (Lipinski definition) is 3. The summed E-state index contributed by atoms with van der Waals surface area (Å²) in [5, 5.41) is 6.82. The Morgan fingerprint density at radius 3 is 2.84 bits per heavy atom. The van der Waals surface area contributed by atoms with Gasteiger partial charge in [0.15, 0.2) is 5.11 Å². The molecule has 2 N–H and O–H groups in total. The van der Waals surface area contributed by atoms with Crippen LogP contribution < -0.4 is 10.6 Å². The molecule has 0 bridgehead atoms. The molecular formula is C14H20N2O2S. The van der Waals surface area contributed by atoms with Crippen molar-refractivity contribution in [1.29, 1.82) is 0 Å². The first-order valence-corrected chi connectivity index (χ1v) is 6.73. The van der Waals surface area contributed by atoms with E-state index < -0.39 is 0 Å². The van der Waals surface area contributed by atoms with E-state index in [2.05, 4.69) is 29.2 Å². The van der Waals surface area contributed by atoms with Gasteiger partial charge in [0.2, 0.25) is 0 Å². The SMILES string of the molecule is CCC[C@H](C)NC(=S)Nc1cccc(C(=O)OC)c1. The van der Waals surface area contributed by atoms with Crippen molar-refractivity contribution in [2.24, 2.45) is 0 Å². The lowest BCUT2D eigenvalue weighted by atomic mass is 10.2. The zero-order chi connectivity index (χ0) is 14.3. The van der Waals surface area contributed by atoms with Crippen molar-refractivity contribution in [2.75, 3.05) is 12.4 Å². The second-order valence-electron chi connectivity index (χ2n) is 4.36. The minimum absolute atomic E-state index is 0.328. The number of carbonyl (C=O) groups excluding carboxylic acids is 1. The lowest BCUT2D eigenvalue weighted by Gasteiger charge is -2.16. The fourth-order valence-corrected chi connectivity index (χ4v) is 2.06. The van der Waals surface area contributed by atoms with Crippen molar-refractivity contribution in [3.05, 3.63) is 29.8 Å². The number of thiocarbonyl (C=S) groups is 1. The normalized spacial score (nSPS) is 11.5. The maximum Gasteiger partial charge on any atom is 0.337 e. The Hall–Kier alpha value is -1.62. The summed E-state index contributed by atoms with van der Waals surface area (Å²) < 4.78 is 4.68. The number of esters is 1. The van der Waals surface area contributed by atoms with E-state index >= 15 is 0 Å². The van der Waals surface area contributed by atoms with Crippen molar-refractivity contribution in [3.63, 3.8) is 0 Å². The van der Waals surface area contributed by atoms with Gasteiger partial charge in [-0.15, -0.1) is 0 Å². The van der Waals surface area contributed by atoms with E-state index in [4.69, 9.17) is 12.2 Å². The third-order valence-electron chi connectivity index (χ3n) is 2.64. The molecule has 0 saturated heterocycles. The molecular weight excluding hydrogens is 260 g/mol. The summed E-state index contributed by atoms with van der Waals surface area (Å²) in [7, 11) is 1.36. The summed E-state index contributed by atoms with van der Waals surface area (Å²) in [6.07, 6.45) is 2.17. The Kier molecular flexibility index (Phi) is 6.29. The molecule has 4 nitrogen and oxygen atoms in total. The van der Waals surface area contributed by atoms with Gasteiger partial charge in [-0.25, -0.2) is 4.79 Å². The maximum absolute atomic E-state index is 11.4. The first kappa shape index (κ1) is 15.4. The van der Waals surface area contributed by atoms with Crippen LogP contribution in [0.3, 0.4) is 0 Å². The van der Waals surface area contributed by atoms with Crippen LogP contribution in [-0.4, -0.2) is 24.2 Å². The Labute approximate surface area is 119 Å². The molecule has 0 unspecified atom stereocenters. The third-order valence-corrected chi connectivity index (χ3v) is 2.86. The Morgan fingerprint density at radius 1 is 1.47 bits per heavy atom. The van der Waals surface area contributed by atoms with Crippen molar-refractivity contribution < 1.29 is 9.53 Å². The summed E-state index contributed by atoms with van der Waals surface area (Å²) in [5.41, 5.74) is 1.26. The first-order chi connectivity index (χ1) is 9.06. The molecule has 0 aliphatic rings. The highest BCUT2D eigenvalue weighted by Gasteiger charge is 2.07. The first-order valence-electron chi connectivity index (χ1n) is 6.32. The van der Waals surface area contributed by atoms with E-state index in [1.807, 2.05) is 6.07 Å². The van der Waals surface area contributed by atoms with Crippen molar-refractivity contribution in [2.45, 2.75) is 32.7 Å². The van der Waals surface area contributed by atoms with E-state index in [1.165, 1.54) is 7.11 Å². The topological polar surface area (TPSA) is 50.4 Å². The van der Waals surface area contributed by atoms with Crippen LogP contribution in [0.15, 0.2) is 24.3 Å². The Bertz CT molecular complexity index is 449. The van der Waals surface area contributed by atoms with E-state index in [0.29, 0.717) is 16.7 Å². The average Bonchev–Trinajstić information content (AvgIpc) is 2.38. The largest absolute Gasteiger partial charge is 0.465 e. The zero-order valence-electron chi connectivity index (χ0n) is 11.5. The predicted octanol–water partition coefficient (Wildman–Crippen LogP) is 2.95. The molecule has 1 rings (SSSR count). The highest BCUT2D eigenvalue weighted by molar-refractivity contribution is 7.80. The second kappa shape index (κ2) is 7.74. The molecule has 104 valence electrons. The fraction of sp³-hybridized carbons (Fsp3) is 0.429. The van der Waals surface area contributed by atoms with Crippen LogP contribution in [-0.2, 0) is 4.74 Å². The number of anilines is 1. The molecule has 0 aliphatic heterocycles. The maximum atomic E-state index is 11.4. The van der Waals surface area contributed by atoms with Crippen LogP contribution in [0, 0.1) is 0 Å². The highest BCUT2D eigenvalue weighted by atomic mass is 32.1. The summed E-state index contributed by atoms with van der Waals surface area (Å²) in [5.74, 6) is -0.359. The number of ether oxygens (including phenoxy) is 1. The lowest BCUT2D eigenvalue weighted by molar-refractivity contribution is 0.0601. The molecule has 0 spiro atoms. The summed E-state index contributed by atoms with van der Waals surface area (Å²) in [6.45, 7) is 4.22. The molecule has 19 heavy (non-hydrogen) atoms.